The number of nitrogens with zero attached hydrogens (tertiary/aromatic N) is 2. The Morgan fingerprint density at radius 2 is 2.00 bits per heavy atom. The van der Waals surface area contributed by atoms with Gasteiger partial charge in [-0.25, -0.2) is 4.98 Å². The summed E-state index contributed by atoms with van der Waals surface area (Å²) in [5.74, 6) is -0.775. The minimum absolute atomic E-state index is 0.00593. The number of para-hydroxylation sites is 1. The van der Waals surface area contributed by atoms with E-state index in [-0.39, 0.29) is 10.7 Å². The minimum atomic E-state index is -0.587. The van der Waals surface area contributed by atoms with Crippen molar-refractivity contribution in [2.75, 3.05) is 4.90 Å². The first-order valence-electron chi connectivity index (χ1n) is 9.70. The van der Waals surface area contributed by atoms with Gasteiger partial charge in [0.25, 0.3) is 11.8 Å². The summed E-state index contributed by atoms with van der Waals surface area (Å²) in [6, 6.07) is 16.5. The lowest BCUT2D eigenvalue weighted by Gasteiger charge is -2.29. The Balaban J connectivity index is 1.41. The van der Waals surface area contributed by atoms with Crippen LogP contribution in [0.2, 0.25) is 5.02 Å². The van der Waals surface area contributed by atoms with Gasteiger partial charge in [0, 0.05) is 5.02 Å². The molecule has 0 radical (unpaired) electrons. The summed E-state index contributed by atoms with van der Waals surface area (Å²) in [5, 5.41) is 3.64. The highest BCUT2D eigenvalue weighted by Crippen LogP contribution is 2.35. The summed E-state index contributed by atoms with van der Waals surface area (Å²) in [6.07, 6.45) is 1.41. The summed E-state index contributed by atoms with van der Waals surface area (Å²) < 4.78 is 7.76. The number of carbonyl (C=O) groups excluding carboxylic acids is 2. The standard InChI is InChI=1S/C23H14ClN3O3S3/c1-12-6-7-13(10-16(12)24)27-21(29)15(20(28)26-22(27)31)11-14-8-9-19(30-14)33-23-25-17-4-2-3-5-18(17)32-23/h2-11H,1H3,(H,26,28,31)/b15-11+. The Bertz CT molecular complexity index is 1440. The van der Waals surface area contributed by atoms with Gasteiger partial charge in [0.15, 0.2) is 14.5 Å². The Kier molecular flexibility index (Phi) is 5.79. The number of furan rings is 1. The number of anilines is 1. The molecule has 1 N–H and O–H groups in total. The molecule has 5 rings (SSSR count). The molecule has 0 saturated carbocycles. The number of thiocarbonyl (C=S) groups is 1. The predicted molar refractivity (Wildman–Crippen MR) is 135 cm³/mol. The van der Waals surface area contributed by atoms with E-state index in [1.165, 1.54) is 22.7 Å². The average Bonchev–Trinajstić information content (AvgIpc) is 3.39. The van der Waals surface area contributed by atoms with Gasteiger partial charge in [-0.05, 0) is 78.9 Å². The van der Waals surface area contributed by atoms with Crippen LogP contribution in [-0.2, 0) is 9.59 Å². The van der Waals surface area contributed by atoms with Crippen molar-refractivity contribution >= 4 is 85.8 Å². The van der Waals surface area contributed by atoms with E-state index in [1.807, 2.05) is 31.2 Å². The number of benzene rings is 2. The molecule has 3 heterocycles. The SMILES string of the molecule is Cc1ccc(N2C(=O)/C(=C/c3ccc(Sc4nc5ccccc5s4)o3)C(=O)NC2=S)cc1Cl. The molecule has 10 heteroatoms. The summed E-state index contributed by atoms with van der Waals surface area (Å²) in [5.41, 5.74) is 2.17. The highest BCUT2D eigenvalue weighted by Gasteiger charge is 2.35. The number of hydrogen-bond donors (Lipinski definition) is 1. The maximum absolute atomic E-state index is 13.2. The molecule has 0 atom stereocenters. The van der Waals surface area contributed by atoms with Crippen molar-refractivity contribution in [3.8, 4) is 0 Å². The molecule has 0 bridgehead atoms. The van der Waals surface area contributed by atoms with Crippen LogP contribution in [0.25, 0.3) is 16.3 Å². The maximum atomic E-state index is 13.2. The Morgan fingerprint density at radius 3 is 2.79 bits per heavy atom. The Hall–Kier alpha value is -2.98. The number of amides is 2. The molecule has 2 amide bonds. The molecule has 0 aliphatic carbocycles. The third-order valence-corrected chi connectivity index (χ3v) is 7.58. The lowest BCUT2D eigenvalue weighted by atomic mass is 10.1. The fourth-order valence-corrected chi connectivity index (χ4v) is 5.63. The van der Waals surface area contributed by atoms with Crippen LogP contribution < -0.4 is 10.2 Å². The van der Waals surface area contributed by atoms with Crippen LogP contribution in [0.3, 0.4) is 0 Å². The minimum Gasteiger partial charge on any atom is -0.450 e. The van der Waals surface area contributed by atoms with Gasteiger partial charge < -0.3 is 4.42 Å². The van der Waals surface area contributed by atoms with Crippen LogP contribution in [-0.4, -0.2) is 21.9 Å². The van der Waals surface area contributed by atoms with E-state index in [2.05, 4.69) is 10.3 Å². The number of aromatic nitrogens is 1. The van der Waals surface area contributed by atoms with Crippen molar-refractivity contribution in [1.29, 1.82) is 0 Å². The van der Waals surface area contributed by atoms with E-state index in [1.54, 1.807) is 41.7 Å². The largest absolute Gasteiger partial charge is 0.450 e. The second-order valence-electron chi connectivity index (χ2n) is 7.10. The zero-order valence-electron chi connectivity index (χ0n) is 17.0. The van der Waals surface area contributed by atoms with Crippen LogP contribution in [0.4, 0.5) is 5.69 Å². The van der Waals surface area contributed by atoms with Gasteiger partial charge in [-0.15, -0.1) is 11.3 Å². The molecule has 164 valence electrons. The number of thiazole rings is 1. The molecule has 4 aromatic rings. The highest BCUT2D eigenvalue weighted by molar-refractivity contribution is 8.01. The van der Waals surface area contributed by atoms with Gasteiger partial charge >= 0.3 is 0 Å². The average molecular weight is 512 g/mol. The fourth-order valence-electron chi connectivity index (χ4n) is 3.20. The molecular weight excluding hydrogens is 498 g/mol. The van der Waals surface area contributed by atoms with E-state index in [0.29, 0.717) is 21.6 Å². The monoisotopic (exact) mass is 511 g/mol. The van der Waals surface area contributed by atoms with Gasteiger partial charge in [-0.1, -0.05) is 29.8 Å². The van der Waals surface area contributed by atoms with Crippen molar-refractivity contribution in [3.05, 3.63) is 76.5 Å². The van der Waals surface area contributed by atoms with Gasteiger partial charge in [-0.3, -0.25) is 19.8 Å². The Morgan fingerprint density at radius 1 is 1.18 bits per heavy atom. The van der Waals surface area contributed by atoms with Crippen LogP contribution in [0.5, 0.6) is 0 Å². The normalized spacial score (nSPS) is 15.5. The number of rotatable bonds is 4. The maximum Gasteiger partial charge on any atom is 0.270 e. The zero-order valence-corrected chi connectivity index (χ0v) is 20.2. The van der Waals surface area contributed by atoms with E-state index < -0.39 is 11.8 Å². The van der Waals surface area contributed by atoms with E-state index >= 15 is 0 Å². The molecule has 2 aromatic carbocycles. The fraction of sp³-hybridized carbons (Fsp3) is 0.0435. The first-order valence-corrected chi connectivity index (χ1v) is 12.1. The molecule has 2 aromatic heterocycles. The first-order chi connectivity index (χ1) is 15.9. The van der Waals surface area contributed by atoms with Crippen LogP contribution in [0, 0.1) is 6.92 Å². The Labute approximate surface area is 207 Å². The van der Waals surface area contributed by atoms with Gasteiger partial charge in [0.05, 0.1) is 15.9 Å². The lowest BCUT2D eigenvalue weighted by molar-refractivity contribution is -0.122. The van der Waals surface area contributed by atoms with Crippen molar-refractivity contribution in [2.24, 2.45) is 0 Å². The topological polar surface area (TPSA) is 75.4 Å². The zero-order chi connectivity index (χ0) is 23.1. The summed E-state index contributed by atoms with van der Waals surface area (Å²) in [7, 11) is 0. The molecule has 1 aliphatic rings. The third kappa shape index (κ3) is 4.32. The van der Waals surface area contributed by atoms with Crippen LogP contribution >= 0.6 is 46.9 Å². The van der Waals surface area contributed by atoms with Crippen LogP contribution in [0.1, 0.15) is 11.3 Å². The van der Waals surface area contributed by atoms with Gasteiger partial charge in [0.1, 0.15) is 11.3 Å². The molecule has 0 spiro atoms. The highest BCUT2D eigenvalue weighted by atomic mass is 35.5. The number of fused-ring (bicyclic) bond motifs is 1. The molecule has 1 fully saturated rings. The van der Waals surface area contributed by atoms with E-state index in [9.17, 15) is 9.59 Å². The van der Waals surface area contributed by atoms with E-state index in [4.69, 9.17) is 28.2 Å². The summed E-state index contributed by atoms with van der Waals surface area (Å²) in [6.45, 7) is 1.86. The summed E-state index contributed by atoms with van der Waals surface area (Å²) in [4.78, 5) is 31.5. The van der Waals surface area contributed by atoms with Gasteiger partial charge in [-0.2, -0.15) is 0 Å². The number of hydrogen-bond acceptors (Lipinski definition) is 7. The number of halogens is 1. The molecular formula is C23H14ClN3O3S3. The van der Waals surface area contributed by atoms with E-state index in [0.717, 1.165) is 20.1 Å². The smallest absolute Gasteiger partial charge is 0.270 e. The molecule has 6 nitrogen and oxygen atoms in total. The van der Waals surface area contributed by atoms with Gasteiger partial charge in [0.2, 0.25) is 0 Å². The molecule has 0 unspecified atom stereocenters. The third-order valence-electron chi connectivity index (χ3n) is 4.87. The second kappa shape index (κ2) is 8.75. The first kappa shape index (κ1) is 21.8. The summed E-state index contributed by atoms with van der Waals surface area (Å²) >= 11 is 14.4. The van der Waals surface area contributed by atoms with Crippen molar-refractivity contribution in [2.45, 2.75) is 16.4 Å². The van der Waals surface area contributed by atoms with Crippen molar-refractivity contribution in [3.63, 3.8) is 0 Å². The quantitative estimate of drug-likeness (QED) is 0.211. The lowest BCUT2D eigenvalue weighted by Crippen LogP contribution is -2.54. The number of carbonyl (C=O) groups is 2. The predicted octanol–water partition coefficient (Wildman–Crippen LogP) is 5.83. The van der Waals surface area contributed by atoms with Crippen molar-refractivity contribution < 1.29 is 14.0 Å². The number of nitrogens with one attached hydrogen (secondary N) is 1. The molecule has 1 aliphatic heterocycles. The molecule has 33 heavy (non-hydrogen) atoms. The number of aryl methyl sites for hydroxylation is 1. The molecule has 1 saturated heterocycles. The second-order valence-corrected chi connectivity index (χ2v) is 10.2. The van der Waals surface area contributed by atoms with Crippen LogP contribution in [0.15, 0.2) is 74.0 Å². The van der Waals surface area contributed by atoms with Crippen molar-refractivity contribution in [1.82, 2.24) is 10.3 Å².